The third kappa shape index (κ3) is 5.56. The van der Waals surface area contributed by atoms with E-state index in [1.807, 2.05) is 24.3 Å². The van der Waals surface area contributed by atoms with Gasteiger partial charge >= 0.3 is 0 Å². The summed E-state index contributed by atoms with van der Waals surface area (Å²) in [5.41, 5.74) is 1.71. The van der Waals surface area contributed by atoms with Crippen LogP contribution in [0.2, 0.25) is 0 Å². The van der Waals surface area contributed by atoms with Crippen molar-refractivity contribution >= 4 is 5.91 Å². The summed E-state index contributed by atoms with van der Waals surface area (Å²) in [6.07, 6.45) is 5.54. The Morgan fingerprint density at radius 2 is 1.94 bits per heavy atom. The molecule has 0 saturated heterocycles. The van der Waals surface area contributed by atoms with Gasteiger partial charge in [0.25, 0.3) is 0 Å². The van der Waals surface area contributed by atoms with Crippen molar-refractivity contribution in [2.45, 2.75) is 63.2 Å². The lowest BCUT2D eigenvalue weighted by Gasteiger charge is -2.30. The Bertz CT molecular complexity index is 895. The smallest absolute Gasteiger partial charge is 0.222 e. The summed E-state index contributed by atoms with van der Waals surface area (Å²) in [6.45, 7) is 0.452. The Balaban J connectivity index is 1.29. The molecule has 166 valence electrons. The number of nitrogens with one attached hydrogen (secondary N) is 1. The summed E-state index contributed by atoms with van der Waals surface area (Å²) < 4.78 is 31.3. The van der Waals surface area contributed by atoms with Gasteiger partial charge in [-0.05, 0) is 68.4 Å². The molecule has 1 N–H and O–H groups in total. The van der Waals surface area contributed by atoms with Crippen molar-refractivity contribution in [3.63, 3.8) is 0 Å². The van der Waals surface area contributed by atoms with E-state index in [1.165, 1.54) is 6.07 Å². The van der Waals surface area contributed by atoms with Crippen LogP contribution in [0.25, 0.3) is 0 Å². The summed E-state index contributed by atoms with van der Waals surface area (Å²) >= 11 is 0. The van der Waals surface area contributed by atoms with Crippen molar-refractivity contribution in [1.29, 1.82) is 0 Å². The molecule has 0 radical (unpaired) electrons. The predicted molar refractivity (Wildman–Crippen MR) is 116 cm³/mol. The molecule has 4 rings (SSSR count). The van der Waals surface area contributed by atoms with E-state index in [0.29, 0.717) is 18.6 Å². The largest absolute Gasteiger partial charge is 0.490 e. The number of hydrogen-bond donors (Lipinski definition) is 1. The first-order valence-electron chi connectivity index (χ1n) is 11.1. The first-order valence-corrected chi connectivity index (χ1v) is 11.1. The monoisotopic (exact) mass is 427 g/mol. The van der Waals surface area contributed by atoms with Crippen LogP contribution in [-0.2, 0) is 16.0 Å². The molecule has 31 heavy (non-hydrogen) atoms. The van der Waals surface area contributed by atoms with E-state index in [1.54, 1.807) is 19.2 Å². The summed E-state index contributed by atoms with van der Waals surface area (Å²) in [7, 11) is 1.60. The SMILES string of the molecule is COCCC(=O)N[C@H]1CC[C@H](Oc2ccc3c(c2)CCC(c2ccccc2F)O3)CC1. The van der Waals surface area contributed by atoms with Crippen molar-refractivity contribution in [1.82, 2.24) is 5.32 Å². The fraction of sp³-hybridized carbons (Fsp3) is 0.480. The van der Waals surface area contributed by atoms with Gasteiger partial charge in [0, 0.05) is 25.1 Å². The molecule has 1 aliphatic heterocycles. The van der Waals surface area contributed by atoms with Crippen molar-refractivity contribution < 1.29 is 23.4 Å². The molecule has 0 aromatic heterocycles. The van der Waals surface area contributed by atoms with E-state index >= 15 is 0 Å². The maximum absolute atomic E-state index is 14.1. The fourth-order valence-corrected chi connectivity index (χ4v) is 4.41. The van der Waals surface area contributed by atoms with Crippen molar-refractivity contribution in [2.75, 3.05) is 13.7 Å². The number of rotatable bonds is 7. The number of ether oxygens (including phenoxy) is 3. The number of carbonyl (C=O) groups excluding carboxylic acids is 1. The molecule has 0 spiro atoms. The van der Waals surface area contributed by atoms with E-state index in [2.05, 4.69) is 5.32 Å². The van der Waals surface area contributed by atoms with Gasteiger partial charge in [-0.1, -0.05) is 18.2 Å². The van der Waals surface area contributed by atoms with Crippen molar-refractivity contribution in [2.24, 2.45) is 0 Å². The lowest BCUT2D eigenvalue weighted by atomic mass is 9.92. The van der Waals surface area contributed by atoms with Crippen LogP contribution in [0.3, 0.4) is 0 Å². The number of hydrogen-bond acceptors (Lipinski definition) is 4. The van der Waals surface area contributed by atoms with Crippen molar-refractivity contribution in [3.8, 4) is 11.5 Å². The maximum atomic E-state index is 14.1. The Morgan fingerprint density at radius 1 is 1.13 bits per heavy atom. The van der Waals surface area contributed by atoms with Crippen LogP contribution in [0.1, 0.15) is 55.8 Å². The highest BCUT2D eigenvalue weighted by Crippen LogP contribution is 2.38. The second-order valence-electron chi connectivity index (χ2n) is 8.34. The maximum Gasteiger partial charge on any atom is 0.222 e. The number of carbonyl (C=O) groups is 1. The molecule has 2 aliphatic rings. The van der Waals surface area contributed by atoms with Gasteiger partial charge < -0.3 is 19.5 Å². The second-order valence-corrected chi connectivity index (χ2v) is 8.34. The molecule has 1 amide bonds. The molecule has 2 aromatic rings. The molecule has 1 heterocycles. The van der Waals surface area contributed by atoms with Crippen LogP contribution >= 0.6 is 0 Å². The fourth-order valence-electron chi connectivity index (χ4n) is 4.41. The molecule has 1 unspecified atom stereocenters. The minimum Gasteiger partial charge on any atom is -0.490 e. The van der Waals surface area contributed by atoms with Gasteiger partial charge in [-0.2, -0.15) is 0 Å². The van der Waals surface area contributed by atoms with E-state index in [0.717, 1.165) is 55.6 Å². The van der Waals surface area contributed by atoms with E-state index in [4.69, 9.17) is 14.2 Å². The summed E-state index contributed by atoms with van der Waals surface area (Å²) in [5.74, 6) is 1.48. The van der Waals surface area contributed by atoms with Crippen LogP contribution < -0.4 is 14.8 Å². The van der Waals surface area contributed by atoms with Gasteiger partial charge in [0.2, 0.25) is 5.91 Å². The lowest BCUT2D eigenvalue weighted by molar-refractivity contribution is -0.123. The molecule has 5 nitrogen and oxygen atoms in total. The van der Waals surface area contributed by atoms with Crippen molar-refractivity contribution in [3.05, 3.63) is 59.4 Å². The number of benzene rings is 2. The highest BCUT2D eigenvalue weighted by Gasteiger charge is 2.26. The first-order chi connectivity index (χ1) is 15.1. The van der Waals surface area contributed by atoms with Gasteiger partial charge in [0.1, 0.15) is 23.4 Å². The lowest BCUT2D eigenvalue weighted by Crippen LogP contribution is -2.40. The van der Waals surface area contributed by atoms with Gasteiger partial charge in [-0.3, -0.25) is 4.79 Å². The molecule has 1 saturated carbocycles. The number of fused-ring (bicyclic) bond motifs is 1. The minimum absolute atomic E-state index is 0.0505. The third-order valence-electron chi connectivity index (χ3n) is 6.10. The van der Waals surface area contributed by atoms with Gasteiger partial charge in [0.15, 0.2) is 0 Å². The molecule has 0 bridgehead atoms. The number of halogens is 1. The van der Waals surface area contributed by atoms with Crippen LogP contribution in [-0.4, -0.2) is 31.8 Å². The van der Waals surface area contributed by atoms with Gasteiger partial charge in [-0.25, -0.2) is 4.39 Å². The van der Waals surface area contributed by atoms with Crippen LogP contribution in [0.5, 0.6) is 11.5 Å². The normalized spacial score (nSPS) is 22.8. The average molecular weight is 428 g/mol. The number of methoxy groups -OCH3 is 1. The molecule has 6 heteroatoms. The van der Waals surface area contributed by atoms with Crippen LogP contribution in [0, 0.1) is 5.82 Å². The molecular formula is C25H30FNO4. The average Bonchev–Trinajstić information content (AvgIpc) is 2.79. The Morgan fingerprint density at radius 3 is 2.71 bits per heavy atom. The zero-order chi connectivity index (χ0) is 21.6. The zero-order valence-corrected chi connectivity index (χ0v) is 17.9. The molecular weight excluding hydrogens is 397 g/mol. The van der Waals surface area contributed by atoms with Crippen LogP contribution in [0.15, 0.2) is 42.5 Å². The number of aryl methyl sites for hydroxylation is 1. The third-order valence-corrected chi connectivity index (χ3v) is 6.10. The minimum atomic E-state index is -0.255. The topological polar surface area (TPSA) is 56.8 Å². The summed E-state index contributed by atoms with van der Waals surface area (Å²) in [6, 6.07) is 12.9. The predicted octanol–water partition coefficient (Wildman–Crippen LogP) is 4.73. The number of amides is 1. The summed E-state index contributed by atoms with van der Waals surface area (Å²) in [5, 5.41) is 3.08. The first kappa shape index (κ1) is 21.6. The Hall–Kier alpha value is -2.60. The standard InChI is InChI=1S/C25H30FNO4/c1-29-15-14-25(28)27-18-7-9-19(10-8-18)30-20-11-13-23-17(16-20)6-12-24(31-23)21-4-2-3-5-22(21)26/h2-5,11,13,16,18-19,24H,6-10,12,14-15H2,1H3,(H,27,28)/t18-,19-,24?. The van der Waals surface area contributed by atoms with Crippen LogP contribution in [0.4, 0.5) is 4.39 Å². The Labute approximate surface area is 182 Å². The van der Waals surface area contributed by atoms with E-state index in [-0.39, 0.29) is 30.0 Å². The zero-order valence-electron chi connectivity index (χ0n) is 17.9. The molecule has 2 aromatic carbocycles. The highest BCUT2D eigenvalue weighted by atomic mass is 19.1. The molecule has 1 aliphatic carbocycles. The quantitative estimate of drug-likeness (QED) is 0.694. The van der Waals surface area contributed by atoms with Gasteiger partial charge in [-0.15, -0.1) is 0 Å². The van der Waals surface area contributed by atoms with E-state index in [9.17, 15) is 9.18 Å². The summed E-state index contributed by atoms with van der Waals surface area (Å²) in [4.78, 5) is 11.9. The van der Waals surface area contributed by atoms with E-state index < -0.39 is 0 Å². The second kappa shape index (κ2) is 10.1. The highest BCUT2D eigenvalue weighted by molar-refractivity contribution is 5.76. The molecule has 1 atom stereocenters. The van der Waals surface area contributed by atoms with Gasteiger partial charge in [0.05, 0.1) is 12.7 Å². The Kier molecular flexibility index (Phi) is 7.07. The molecule has 1 fully saturated rings.